The third-order valence-corrected chi connectivity index (χ3v) is 2.57. The summed E-state index contributed by atoms with van der Waals surface area (Å²) in [5, 5.41) is 12.3. The maximum Gasteiger partial charge on any atom is 0.242 e. The Kier molecular flexibility index (Phi) is 3.36. The zero-order valence-corrected chi connectivity index (χ0v) is 9.52. The van der Waals surface area contributed by atoms with Crippen molar-refractivity contribution in [1.82, 2.24) is 15.5 Å². The summed E-state index contributed by atoms with van der Waals surface area (Å²) < 4.78 is 0. The Balaban J connectivity index is 0.00000112. The highest BCUT2D eigenvalue weighted by molar-refractivity contribution is 5.95. The second-order valence-electron chi connectivity index (χ2n) is 4.28. The SMILES string of the molecule is CC1(C)CNC1C(=O)Nc1cn[nH]c1.Cl. The van der Waals surface area contributed by atoms with E-state index < -0.39 is 0 Å². The van der Waals surface area contributed by atoms with Gasteiger partial charge in [0.05, 0.1) is 17.9 Å². The third-order valence-electron chi connectivity index (χ3n) is 2.57. The summed E-state index contributed by atoms with van der Waals surface area (Å²) in [4.78, 5) is 11.7. The Bertz CT molecular complexity index is 336. The number of hydrogen-bond acceptors (Lipinski definition) is 3. The van der Waals surface area contributed by atoms with Gasteiger partial charge < -0.3 is 10.6 Å². The first kappa shape index (κ1) is 12.0. The summed E-state index contributed by atoms with van der Waals surface area (Å²) in [7, 11) is 0. The Labute approximate surface area is 94.4 Å². The quantitative estimate of drug-likeness (QED) is 0.703. The first-order valence-corrected chi connectivity index (χ1v) is 4.63. The molecule has 6 heteroatoms. The molecule has 0 aliphatic carbocycles. The first-order chi connectivity index (χ1) is 6.59. The van der Waals surface area contributed by atoms with Crippen molar-refractivity contribution in [2.24, 2.45) is 5.41 Å². The summed E-state index contributed by atoms with van der Waals surface area (Å²) >= 11 is 0. The molecule has 1 aliphatic heterocycles. The van der Waals surface area contributed by atoms with Crippen molar-refractivity contribution in [3.8, 4) is 0 Å². The number of amides is 1. The van der Waals surface area contributed by atoms with Crippen LogP contribution in [0.3, 0.4) is 0 Å². The number of nitrogens with zero attached hydrogens (tertiary/aromatic N) is 1. The van der Waals surface area contributed by atoms with E-state index >= 15 is 0 Å². The topological polar surface area (TPSA) is 69.8 Å². The van der Waals surface area contributed by atoms with Crippen LogP contribution in [0.1, 0.15) is 13.8 Å². The van der Waals surface area contributed by atoms with Crippen molar-refractivity contribution in [2.75, 3.05) is 11.9 Å². The maximum atomic E-state index is 11.7. The van der Waals surface area contributed by atoms with Gasteiger partial charge >= 0.3 is 0 Å². The van der Waals surface area contributed by atoms with Crippen LogP contribution in [-0.4, -0.2) is 28.7 Å². The zero-order valence-electron chi connectivity index (χ0n) is 8.70. The van der Waals surface area contributed by atoms with Gasteiger partial charge in [-0.2, -0.15) is 5.10 Å². The lowest BCUT2D eigenvalue weighted by molar-refractivity contribution is -0.124. The van der Waals surface area contributed by atoms with Gasteiger partial charge in [-0.05, 0) is 0 Å². The fourth-order valence-corrected chi connectivity index (χ4v) is 1.59. The fourth-order valence-electron chi connectivity index (χ4n) is 1.59. The highest BCUT2D eigenvalue weighted by atomic mass is 35.5. The van der Waals surface area contributed by atoms with E-state index in [4.69, 9.17) is 0 Å². The molecule has 5 nitrogen and oxygen atoms in total. The second-order valence-corrected chi connectivity index (χ2v) is 4.28. The number of nitrogens with one attached hydrogen (secondary N) is 3. The molecule has 15 heavy (non-hydrogen) atoms. The number of H-pyrrole nitrogens is 1. The van der Waals surface area contributed by atoms with E-state index in [1.807, 2.05) is 0 Å². The molecular weight excluding hydrogens is 216 g/mol. The molecule has 0 aromatic carbocycles. The minimum atomic E-state index is -0.0996. The molecule has 0 spiro atoms. The molecule has 1 saturated heterocycles. The van der Waals surface area contributed by atoms with E-state index in [1.165, 1.54) is 0 Å². The number of hydrogen-bond donors (Lipinski definition) is 3. The van der Waals surface area contributed by atoms with Gasteiger partial charge in [0.25, 0.3) is 0 Å². The van der Waals surface area contributed by atoms with Crippen LogP contribution >= 0.6 is 12.4 Å². The number of aromatic amines is 1. The monoisotopic (exact) mass is 230 g/mol. The van der Waals surface area contributed by atoms with Gasteiger partial charge in [0.15, 0.2) is 0 Å². The molecule has 1 aromatic heterocycles. The summed E-state index contributed by atoms with van der Waals surface area (Å²) in [6.45, 7) is 5.03. The molecule has 1 aliphatic rings. The highest BCUT2D eigenvalue weighted by Gasteiger charge is 2.42. The second kappa shape index (κ2) is 4.20. The predicted octanol–water partition coefficient (Wildman–Crippen LogP) is 0.768. The van der Waals surface area contributed by atoms with Gasteiger partial charge in [0.1, 0.15) is 0 Å². The lowest BCUT2D eigenvalue weighted by Gasteiger charge is -2.44. The molecule has 3 N–H and O–H groups in total. The van der Waals surface area contributed by atoms with Crippen LogP contribution in [0, 0.1) is 5.41 Å². The fraction of sp³-hybridized carbons (Fsp3) is 0.556. The van der Waals surface area contributed by atoms with Gasteiger partial charge in [-0.1, -0.05) is 13.8 Å². The van der Waals surface area contributed by atoms with Gasteiger partial charge in [0.2, 0.25) is 5.91 Å². The number of aromatic nitrogens is 2. The number of carbonyl (C=O) groups is 1. The molecule has 84 valence electrons. The molecule has 1 amide bonds. The summed E-state index contributed by atoms with van der Waals surface area (Å²) in [5.74, 6) is 0.00245. The van der Waals surface area contributed by atoms with Crippen molar-refractivity contribution in [1.29, 1.82) is 0 Å². The van der Waals surface area contributed by atoms with Crippen molar-refractivity contribution in [2.45, 2.75) is 19.9 Å². The van der Waals surface area contributed by atoms with Crippen molar-refractivity contribution in [3.05, 3.63) is 12.4 Å². The van der Waals surface area contributed by atoms with Gasteiger partial charge in [-0.25, -0.2) is 0 Å². The maximum absolute atomic E-state index is 11.7. The van der Waals surface area contributed by atoms with Crippen LogP contribution in [0.15, 0.2) is 12.4 Å². The van der Waals surface area contributed by atoms with E-state index in [2.05, 4.69) is 34.7 Å². The number of anilines is 1. The molecule has 1 atom stereocenters. The average Bonchev–Trinajstić information content (AvgIpc) is 2.55. The molecule has 0 radical (unpaired) electrons. The van der Waals surface area contributed by atoms with E-state index in [1.54, 1.807) is 12.4 Å². The Morgan fingerprint density at radius 1 is 1.67 bits per heavy atom. The van der Waals surface area contributed by atoms with Crippen LogP contribution in [0.4, 0.5) is 5.69 Å². The predicted molar refractivity (Wildman–Crippen MR) is 60.0 cm³/mol. The number of carbonyl (C=O) groups excluding carboxylic acids is 1. The Morgan fingerprint density at radius 3 is 2.80 bits per heavy atom. The molecule has 2 heterocycles. The van der Waals surface area contributed by atoms with Crippen LogP contribution in [-0.2, 0) is 4.79 Å². The standard InChI is InChI=1S/C9H14N4O.ClH/c1-9(2)5-10-7(9)8(14)13-6-3-11-12-4-6;/h3-4,7,10H,5H2,1-2H3,(H,11,12)(H,13,14);1H. The largest absolute Gasteiger partial charge is 0.322 e. The summed E-state index contributed by atoms with van der Waals surface area (Å²) in [5.41, 5.74) is 0.757. The lowest BCUT2D eigenvalue weighted by atomic mass is 9.77. The van der Waals surface area contributed by atoms with E-state index in [0.29, 0.717) is 5.69 Å². The third kappa shape index (κ3) is 2.30. The number of rotatable bonds is 2. The first-order valence-electron chi connectivity index (χ1n) is 4.63. The molecule has 0 bridgehead atoms. The lowest BCUT2D eigenvalue weighted by Crippen LogP contribution is -2.64. The van der Waals surface area contributed by atoms with E-state index in [0.717, 1.165) is 6.54 Å². The molecule has 2 rings (SSSR count). The van der Waals surface area contributed by atoms with Crippen molar-refractivity contribution < 1.29 is 4.79 Å². The van der Waals surface area contributed by atoms with E-state index in [-0.39, 0.29) is 29.8 Å². The van der Waals surface area contributed by atoms with Crippen LogP contribution in [0.5, 0.6) is 0 Å². The molecular formula is C9H15ClN4O. The molecule has 1 unspecified atom stereocenters. The Hall–Kier alpha value is -1.07. The normalized spacial score (nSPS) is 22.4. The molecule has 1 aromatic rings. The zero-order chi connectivity index (χ0) is 10.2. The average molecular weight is 231 g/mol. The summed E-state index contributed by atoms with van der Waals surface area (Å²) in [6.07, 6.45) is 3.24. The van der Waals surface area contributed by atoms with Crippen molar-refractivity contribution >= 4 is 24.0 Å². The number of halogens is 1. The highest BCUT2D eigenvalue weighted by Crippen LogP contribution is 2.28. The van der Waals surface area contributed by atoms with Gasteiger partial charge in [-0.15, -0.1) is 12.4 Å². The molecule has 0 saturated carbocycles. The van der Waals surface area contributed by atoms with Crippen LogP contribution in [0.2, 0.25) is 0 Å². The van der Waals surface area contributed by atoms with Crippen molar-refractivity contribution in [3.63, 3.8) is 0 Å². The summed E-state index contributed by atoms with van der Waals surface area (Å²) in [6, 6.07) is -0.0996. The van der Waals surface area contributed by atoms with Gasteiger partial charge in [0, 0.05) is 18.2 Å². The Morgan fingerprint density at radius 2 is 2.40 bits per heavy atom. The minimum Gasteiger partial charge on any atom is -0.322 e. The minimum absolute atomic E-state index is 0. The molecule has 1 fully saturated rings. The van der Waals surface area contributed by atoms with Gasteiger partial charge in [-0.3, -0.25) is 9.89 Å². The van der Waals surface area contributed by atoms with E-state index in [9.17, 15) is 4.79 Å². The van der Waals surface area contributed by atoms with Crippen LogP contribution < -0.4 is 10.6 Å². The smallest absolute Gasteiger partial charge is 0.242 e. The van der Waals surface area contributed by atoms with Crippen LogP contribution in [0.25, 0.3) is 0 Å².